The molecular formula is C48H72F2O. The Morgan fingerprint density at radius 3 is 1.18 bits per heavy atom. The van der Waals surface area contributed by atoms with E-state index in [0.29, 0.717) is 37.9 Å². The van der Waals surface area contributed by atoms with Crippen molar-refractivity contribution in [2.45, 2.75) is 180 Å². The molecule has 0 radical (unpaired) electrons. The zero-order valence-electron chi connectivity index (χ0n) is 32.6. The Balaban J connectivity index is 0.860. The lowest BCUT2D eigenvalue weighted by Gasteiger charge is -2.38. The van der Waals surface area contributed by atoms with Gasteiger partial charge in [0.15, 0.2) is 0 Å². The molecule has 0 unspecified atom stereocenters. The molecule has 0 amide bonds. The van der Waals surface area contributed by atoms with Crippen LogP contribution in [0.2, 0.25) is 0 Å². The van der Waals surface area contributed by atoms with E-state index in [1.165, 1.54) is 152 Å². The van der Waals surface area contributed by atoms with Gasteiger partial charge in [-0.05, 0) is 172 Å². The van der Waals surface area contributed by atoms with E-state index in [1.807, 2.05) is 24.3 Å². The standard InChI is InChI=1S/C48H72F2O/c1-3-5-7-35-9-13-37(14-10-35)39-17-21-41(22-18-39)45-27-25-43(47(49)33-45)29-31-51-32-30-44-26-28-46(34-48(44)50)42-23-19-40(20-24-42)38-15-11-36(12-16-38)8-6-4-2/h25-28,33-42H,3-24,29-32H2,1-2H3. The quantitative estimate of drug-likeness (QED) is 0.158. The lowest BCUT2D eigenvalue weighted by molar-refractivity contribution is 0.139. The van der Waals surface area contributed by atoms with Crippen LogP contribution in [0.25, 0.3) is 0 Å². The fourth-order valence-corrected chi connectivity index (χ4v) is 11.2. The highest BCUT2D eigenvalue weighted by Crippen LogP contribution is 2.46. The molecule has 284 valence electrons. The van der Waals surface area contributed by atoms with Crippen LogP contribution in [0.15, 0.2) is 36.4 Å². The number of benzene rings is 2. The minimum atomic E-state index is -0.0888. The van der Waals surface area contributed by atoms with E-state index >= 15 is 8.78 Å². The Kier molecular flexibility index (Phi) is 15.3. The summed E-state index contributed by atoms with van der Waals surface area (Å²) in [5.74, 6) is 6.44. The number of ether oxygens (including phenoxy) is 1. The summed E-state index contributed by atoms with van der Waals surface area (Å²) < 4.78 is 36.3. The molecule has 0 bridgehead atoms. The Hall–Kier alpha value is -1.74. The van der Waals surface area contributed by atoms with Crippen LogP contribution in [0.5, 0.6) is 0 Å². The Labute approximate surface area is 311 Å². The van der Waals surface area contributed by atoms with Gasteiger partial charge < -0.3 is 4.74 Å². The summed E-state index contributed by atoms with van der Waals surface area (Å²) in [6.07, 6.45) is 31.1. The van der Waals surface area contributed by atoms with Gasteiger partial charge in [0.25, 0.3) is 0 Å². The highest BCUT2D eigenvalue weighted by molar-refractivity contribution is 5.29. The number of rotatable bonds is 16. The second-order valence-electron chi connectivity index (χ2n) is 17.9. The number of hydrogen-bond donors (Lipinski definition) is 0. The van der Waals surface area contributed by atoms with E-state index in [1.54, 1.807) is 0 Å². The van der Waals surface area contributed by atoms with Crippen LogP contribution in [0.1, 0.15) is 189 Å². The molecule has 1 nitrogen and oxygen atoms in total. The minimum Gasteiger partial charge on any atom is -0.381 e. The summed E-state index contributed by atoms with van der Waals surface area (Å²) in [6, 6.07) is 11.9. The van der Waals surface area contributed by atoms with Crippen LogP contribution in [0, 0.1) is 47.1 Å². The smallest absolute Gasteiger partial charge is 0.126 e. The third-order valence-electron chi connectivity index (χ3n) is 14.7. The van der Waals surface area contributed by atoms with Crippen molar-refractivity contribution in [3.63, 3.8) is 0 Å². The summed E-state index contributed by atoms with van der Waals surface area (Å²) in [5.41, 5.74) is 3.84. The molecule has 0 atom stereocenters. The molecule has 2 aromatic rings. The topological polar surface area (TPSA) is 9.23 Å². The Morgan fingerprint density at radius 1 is 0.490 bits per heavy atom. The van der Waals surface area contributed by atoms with E-state index in [4.69, 9.17) is 4.74 Å². The van der Waals surface area contributed by atoms with Gasteiger partial charge in [-0.2, -0.15) is 0 Å². The molecule has 0 aliphatic heterocycles. The van der Waals surface area contributed by atoms with Gasteiger partial charge in [0.2, 0.25) is 0 Å². The van der Waals surface area contributed by atoms with Gasteiger partial charge in [0, 0.05) is 0 Å². The van der Waals surface area contributed by atoms with Gasteiger partial charge in [0.05, 0.1) is 13.2 Å². The first-order valence-electron chi connectivity index (χ1n) is 22.1. The van der Waals surface area contributed by atoms with Gasteiger partial charge in [-0.1, -0.05) is 102 Å². The molecule has 0 heterocycles. The van der Waals surface area contributed by atoms with E-state index in [9.17, 15) is 0 Å². The van der Waals surface area contributed by atoms with Crippen molar-refractivity contribution in [3.8, 4) is 0 Å². The Bertz CT molecular complexity index is 1190. The maximum atomic E-state index is 15.2. The second-order valence-corrected chi connectivity index (χ2v) is 17.9. The van der Waals surface area contributed by atoms with Crippen LogP contribution >= 0.6 is 0 Å². The third-order valence-corrected chi connectivity index (χ3v) is 14.7. The van der Waals surface area contributed by atoms with E-state index in [0.717, 1.165) is 46.6 Å². The largest absolute Gasteiger partial charge is 0.381 e. The zero-order chi connectivity index (χ0) is 35.4. The second kappa shape index (κ2) is 20.1. The van der Waals surface area contributed by atoms with Gasteiger partial charge >= 0.3 is 0 Å². The number of halogens is 2. The van der Waals surface area contributed by atoms with Gasteiger partial charge in [-0.25, -0.2) is 8.78 Å². The maximum Gasteiger partial charge on any atom is 0.126 e. The first-order chi connectivity index (χ1) is 25.0. The van der Waals surface area contributed by atoms with Crippen molar-refractivity contribution in [2.24, 2.45) is 35.5 Å². The average molecular weight is 703 g/mol. The highest BCUT2D eigenvalue weighted by atomic mass is 19.1. The normalized spacial score (nSPS) is 30.4. The zero-order valence-corrected chi connectivity index (χ0v) is 32.6. The molecule has 4 aliphatic rings. The predicted octanol–water partition coefficient (Wildman–Crippen LogP) is 14.3. The monoisotopic (exact) mass is 703 g/mol. The van der Waals surface area contributed by atoms with Crippen LogP contribution in [-0.2, 0) is 17.6 Å². The number of unbranched alkanes of at least 4 members (excludes halogenated alkanes) is 2. The summed E-state index contributed by atoms with van der Waals surface area (Å²) in [6.45, 7) is 5.55. The molecule has 0 N–H and O–H groups in total. The molecule has 0 saturated heterocycles. The van der Waals surface area contributed by atoms with Crippen LogP contribution in [0.3, 0.4) is 0 Å². The third kappa shape index (κ3) is 11.1. The van der Waals surface area contributed by atoms with Gasteiger partial charge in [0.1, 0.15) is 11.6 Å². The molecule has 0 spiro atoms. The lowest BCUT2D eigenvalue weighted by atomic mass is 9.68. The Morgan fingerprint density at radius 2 is 0.843 bits per heavy atom. The molecular weight excluding hydrogens is 631 g/mol. The maximum absolute atomic E-state index is 15.2. The molecule has 51 heavy (non-hydrogen) atoms. The molecule has 6 rings (SSSR count). The molecule has 4 saturated carbocycles. The fourth-order valence-electron chi connectivity index (χ4n) is 11.2. The van der Waals surface area contributed by atoms with Crippen LogP contribution in [-0.4, -0.2) is 13.2 Å². The first-order valence-corrected chi connectivity index (χ1v) is 22.1. The molecule has 0 aromatic heterocycles. The lowest BCUT2D eigenvalue weighted by Crippen LogP contribution is -2.25. The van der Waals surface area contributed by atoms with Crippen molar-refractivity contribution in [2.75, 3.05) is 13.2 Å². The molecule has 2 aromatic carbocycles. The summed E-state index contributed by atoms with van der Waals surface area (Å²) >= 11 is 0. The van der Waals surface area contributed by atoms with E-state index in [-0.39, 0.29) is 11.6 Å². The van der Waals surface area contributed by atoms with Crippen LogP contribution in [0.4, 0.5) is 8.78 Å². The molecule has 4 fully saturated rings. The summed E-state index contributed by atoms with van der Waals surface area (Å²) in [4.78, 5) is 0. The van der Waals surface area contributed by atoms with Gasteiger partial charge in [-0.3, -0.25) is 0 Å². The fraction of sp³-hybridized carbons (Fsp3) is 0.750. The summed E-state index contributed by atoms with van der Waals surface area (Å²) in [5, 5.41) is 0. The van der Waals surface area contributed by atoms with Gasteiger partial charge in [-0.15, -0.1) is 0 Å². The highest BCUT2D eigenvalue weighted by Gasteiger charge is 2.33. The van der Waals surface area contributed by atoms with Crippen LogP contribution < -0.4 is 0 Å². The van der Waals surface area contributed by atoms with Crippen molar-refractivity contribution in [1.82, 2.24) is 0 Å². The van der Waals surface area contributed by atoms with Crippen molar-refractivity contribution >= 4 is 0 Å². The van der Waals surface area contributed by atoms with Crippen molar-refractivity contribution < 1.29 is 13.5 Å². The summed E-state index contributed by atoms with van der Waals surface area (Å²) in [7, 11) is 0. The van der Waals surface area contributed by atoms with E-state index in [2.05, 4.69) is 26.0 Å². The predicted molar refractivity (Wildman–Crippen MR) is 210 cm³/mol. The minimum absolute atomic E-state index is 0.0888. The molecule has 3 heteroatoms. The van der Waals surface area contributed by atoms with Crippen molar-refractivity contribution in [3.05, 3.63) is 70.3 Å². The first kappa shape index (κ1) is 39.0. The number of hydrogen-bond acceptors (Lipinski definition) is 1. The van der Waals surface area contributed by atoms with E-state index < -0.39 is 0 Å². The SMILES string of the molecule is CCCCC1CCC(C2CCC(c3ccc(CCOCCc4ccc(C5CCC(C6CCC(CCCC)CC6)CC5)cc4F)c(F)c3)CC2)CC1. The average Bonchev–Trinajstić information content (AvgIpc) is 3.17. The van der Waals surface area contributed by atoms with Crippen molar-refractivity contribution in [1.29, 1.82) is 0 Å². The molecule has 4 aliphatic carbocycles.